The first-order valence-corrected chi connectivity index (χ1v) is 5.26. The number of nitrogens with two attached hydrogens (primary N) is 1. The summed E-state index contributed by atoms with van der Waals surface area (Å²) in [5.74, 6) is -0.650. The highest BCUT2D eigenvalue weighted by molar-refractivity contribution is 5.92. The van der Waals surface area contributed by atoms with Gasteiger partial charge < -0.3 is 11.1 Å². The molecule has 18 heavy (non-hydrogen) atoms. The molecule has 6 heteroatoms. The average molecular weight is 246 g/mol. The molecule has 1 aromatic heterocycles. The maximum Gasteiger partial charge on any atom is 0.271 e. The zero-order chi connectivity index (χ0) is 13.0. The van der Waals surface area contributed by atoms with E-state index in [1.807, 2.05) is 0 Å². The minimum atomic E-state index is -0.446. The van der Waals surface area contributed by atoms with Crippen molar-refractivity contribution in [1.29, 1.82) is 0 Å². The van der Waals surface area contributed by atoms with Crippen LogP contribution in [-0.4, -0.2) is 15.9 Å². The lowest BCUT2D eigenvalue weighted by molar-refractivity contribution is 0.0945. The highest BCUT2D eigenvalue weighted by Crippen LogP contribution is 2.06. The highest BCUT2D eigenvalue weighted by atomic mass is 19.1. The molecule has 0 unspecified atom stereocenters. The van der Waals surface area contributed by atoms with Gasteiger partial charge in [0.25, 0.3) is 5.91 Å². The van der Waals surface area contributed by atoms with Crippen molar-refractivity contribution in [2.24, 2.45) is 0 Å². The van der Waals surface area contributed by atoms with E-state index >= 15 is 0 Å². The van der Waals surface area contributed by atoms with E-state index in [9.17, 15) is 9.18 Å². The lowest BCUT2D eigenvalue weighted by atomic mass is 10.2. The molecule has 1 heterocycles. The second-order valence-electron chi connectivity index (χ2n) is 3.60. The Morgan fingerprint density at radius 3 is 2.83 bits per heavy atom. The summed E-state index contributed by atoms with van der Waals surface area (Å²) in [5.41, 5.74) is 5.92. The fourth-order valence-electron chi connectivity index (χ4n) is 1.40. The molecule has 0 aliphatic heterocycles. The number of nitrogens with one attached hydrogen (secondary N) is 1. The number of halogens is 1. The summed E-state index contributed by atoms with van der Waals surface area (Å²) in [6, 6.07) is 6.22. The maximum absolute atomic E-state index is 13.3. The van der Waals surface area contributed by atoms with E-state index in [1.54, 1.807) is 18.2 Å². The molecule has 0 saturated carbocycles. The molecular formula is C12H11FN4O. The zero-order valence-electron chi connectivity index (χ0n) is 9.43. The Kier molecular flexibility index (Phi) is 3.47. The van der Waals surface area contributed by atoms with Gasteiger partial charge in [-0.25, -0.2) is 9.37 Å². The second-order valence-corrected chi connectivity index (χ2v) is 3.60. The molecule has 0 saturated heterocycles. The van der Waals surface area contributed by atoms with Gasteiger partial charge in [0, 0.05) is 12.1 Å². The van der Waals surface area contributed by atoms with Crippen molar-refractivity contribution in [1.82, 2.24) is 15.3 Å². The molecule has 3 N–H and O–H groups in total. The molecule has 0 bridgehead atoms. The standard InChI is InChI=1S/C12H11FN4O/c13-9-4-2-1-3-8(9)5-16-12(18)10-6-15-7-11(14)17-10/h1-4,6-7H,5H2,(H2,14,17)(H,16,18). The largest absolute Gasteiger partial charge is 0.382 e. The van der Waals surface area contributed by atoms with Gasteiger partial charge in [-0.3, -0.25) is 9.78 Å². The minimum absolute atomic E-state index is 0.0853. The second kappa shape index (κ2) is 5.22. The Morgan fingerprint density at radius 2 is 2.11 bits per heavy atom. The molecule has 5 nitrogen and oxygen atoms in total. The van der Waals surface area contributed by atoms with Crippen molar-refractivity contribution < 1.29 is 9.18 Å². The number of anilines is 1. The third-order valence-corrected chi connectivity index (χ3v) is 2.28. The number of amides is 1. The fraction of sp³-hybridized carbons (Fsp3) is 0.0833. The van der Waals surface area contributed by atoms with Crippen LogP contribution in [0.1, 0.15) is 16.1 Å². The Bertz CT molecular complexity index is 574. The molecule has 0 aliphatic carbocycles. The minimum Gasteiger partial charge on any atom is -0.382 e. The summed E-state index contributed by atoms with van der Waals surface area (Å²) < 4.78 is 13.3. The molecule has 0 aliphatic rings. The van der Waals surface area contributed by atoms with Gasteiger partial charge in [-0.1, -0.05) is 18.2 Å². The normalized spacial score (nSPS) is 10.1. The predicted octanol–water partition coefficient (Wildman–Crippen LogP) is 1.13. The number of carbonyl (C=O) groups is 1. The van der Waals surface area contributed by atoms with Crippen molar-refractivity contribution >= 4 is 11.7 Å². The summed E-state index contributed by atoms with van der Waals surface area (Å²) >= 11 is 0. The Balaban J connectivity index is 2.03. The van der Waals surface area contributed by atoms with Gasteiger partial charge in [-0.05, 0) is 6.07 Å². The quantitative estimate of drug-likeness (QED) is 0.850. The van der Waals surface area contributed by atoms with Crippen LogP contribution in [0.2, 0.25) is 0 Å². The highest BCUT2D eigenvalue weighted by Gasteiger charge is 2.08. The third kappa shape index (κ3) is 2.79. The van der Waals surface area contributed by atoms with Gasteiger partial charge in [0.15, 0.2) is 0 Å². The first-order valence-electron chi connectivity index (χ1n) is 5.26. The SMILES string of the molecule is Nc1cncc(C(=O)NCc2ccccc2F)n1. The van der Waals surface area contributed by atoms with Crippen molar-refractivity contribution in [3.63, 3.8) is 0 Å². The molecular weight excluding hydrogens is 235 g/mol. The lowest BCUT2D eigenvalue weighted by Gasteiger charge is -2.05. The Labute approximate surface area is 103 Å². The van der Waals surface area contributed by atoms with Crippen LogP contribution in [-0.2, 0) is 6.54 Å². The van der Waals surface area contributed by atoms with Gasteiger partial charge in [0.2, 0.25) is 0 Å². The number of hydrogen-bond acceptors (Lipinski definition) is 4. The van der Waals surface area contributed by atoms with Crippen LogP contribution < -0.4 is 11.1 Å². The van der Waals surface area contributed by atoms with E-state index in [4.69, 9.17) is 5.73 Å². The summed E-state index contributed by atoms with van der Waals surface area (Å²) in [6.45, 7) is 0.0853. The number of nitrogen functional groups attached to an aromatic ring is 1. The number of aromatic nitrogens is 2. The van der Waals surface area contributed by atoms with Gasteiger partial charge in [-0.15, -0.1) is 0 Å². The average Bonchev–Trinajstić information content (AvgIpc) is 2.37. The van der Waals surface area contributed by atoms with Crippen LogP contribution in [0, 0.1) is 5.82 Å². The van der Waals surface area contributed by atoms with Crippen LogP contribution in [0.4, 0.5) is 10.2 Å². The van der Waals surface area contributed by atoms with Gasteiger partial charge in [0.1, 0.15) is 17.3 Å². The van der Waals surface area contributed by atoms with Gasteiger partial charge in [0.05, 0.1) is 12.4 Å². The number of benzene rings is 1. The van der Waals surface area contributed by atoms with Gasteiger partial charge >= 0.3 is 0 Å². The summed E-state index contributed by atoms with van der Waals surface area (Å²) in [4.78, 5) is 19.3. The molecule has 2 aromatic rings. The molecule has 2 rings (SSSR count). The number of carbonyl (C=O) groups excluding carboxylic acids is 1. The summed E-state index contributed by atoms with van der Waals surface area (Å²) in [7, 11) is 0. The topological polar surface area (TPSA) is 80.9 Å². The van der Waals surface area contributed by atoms with Crippen LogP contribution in [0.25, 0.3) is 0 Å². The van der Waals surface area contributed by atoms with Crippen molar-refractivity contribution in [3.8, 4) is 0 Å². The Hall–Kier alpha value is -2.50. The van der Waals surface area contributed by atoms with E-state index in [-0.39, 0.29) is 23.9 Å². The van der Waals surface area contributed by atoms with Crippen molar-refractivity contribution in [3.05, 3.63) is 53.7 Å². The molecule has 92 valence electrons. The third-order valence-electron chi connectivity index (χ3n) is 2.28. The van der Waals surface area contributed by atoms with E-state index in [0.717, 1.165) is 0 Å². The summed E-state index contributed by atoms with van der Waals surface area (Å²) in [6.07, 6.45) is 2.64. The monoisotopic (exact) mass is 246 g/mol. The van der Waals surface area contributed by atoms with Crippen molar-refractivity contribution in [2.45, 2.75) is 6.54 Å². The zero-order valence-corrected chi connectivity index (χ0v) is 9.43. The molecule has 0 radical (unpaired) electrons. The fourth-order valence-corrected chi connectivity index (χ4v) is 1.40. The molecule has 1 amide bonds. The number of nitrogens with zero attached hydrogens (tertiary/aromatic N) is 2. The molecule has 1 aromatic carbocycles. The lowest BCUT2D eigenvalue weighted by Crippen LogP contribution is -2.24. The smallest absolute Gasteiger partial charge is 0.271 e. The van der Waals surface area contributed by atoms with E-state index < -0.39 is 5.91 Å². The van der Waals surface area contributed by atoms with Crippen LogP contribution in [0.5, 0.6) is 0 Å². The van der Waals surface area contributed by atoms with E-state index in [1.165, 1.54) is 18.5 Å². The maximum atomic E-state index is 13.3. The molecule has 0 fully saturated rings. The van der Waals surface area contributed by atoms with Crippen molar-refractivity contribution in [2.75, 3.05) is 5.73 Å². The molecule has 0 spiro atoms. The Morgan fingerprint density at radius 1 is 1.33 bits per heavy atom. The van der Waals surface area contributed by atoms with E-state index in [0.29, 0.717) is 5.56 Å². The van der Waals surface area contributed by atoms with Crippen LogP contribution in [0.15, 0.2) is 36.7 Å². The number of rotatable bonds is 3. The predicted molar refractivity (Wildman–Crippen MR) is 64.0 cm³/mol. The molecule has 0 atom stereocenters. The van der Waals surface area contributed by atoms with Crippen LogP contribution >= 0.6 is 0 Å². The number of hydrogen-bond donors (Lipinski definition) is 2. The first-order chi connectivity index (χ1) is 8.66. The first kappa shape index (κ1) is 12.0. The summed E-state index contributed by atoms with van der Waals surface area (Å²) in [5, 5.41) is 2.55. The van der Waals surface area contributed by atoms with E-state index in [2.05, 4.69) is 15.3 Å². The van der Waals surface area contributed by atoms with Gasteiger partial charge in [-0.2, -0.15) is 0 Å². The van der Waals surface area contributed by atoms with Crippen LogP contribution in [0.3, 0.4) is 0 Å².